The van der Waals surface area contributed by atoms with Gasteiger partial charge in [-0.25, -0.2) is 0 Å². The number of aliphatic carboxylic acids is 1. The van der Waals surface area contributed by atoms with Crippen molar-refractivity contribution in [3.63, 3.8) is 0 Å². The summed E-state index contributed by atoms with van der Waals surface area (Å²) in [6.07, 6.45) is 3.45. The molecule has 2 aliphatic rings. The average molecular weight is 259 g/mol. The smallest absolute Gasteiger partial charge is 0.309 e. The molecule has 1 aliphatic heterocycles. The number of hydrogen-bond acceptors (Lipinski definition) is 2. The van der Waals surface area contributed by atoms with Gasteiger partial charge < -0.3 is 10.0 Å². The summed E-state index contributed by atoms with van der Waals surface area (Å²) in [6.45, 7) is 0. The third-order valence-electron chi connectivity index (χ3n) is 4.34. The topological polar surface area (TPSA) is 57.6 Å². The normalized spacial score (nSPS) is 20.1. The van der Waals surface area contributed by atoms with Crippen LogP contribution >= 0.6 is 0 Å². The van der Waals surface area contributed by atoms with Gasteiger partial charge in [0.25, 0.3) is 0 Å². The Morgan fingerprint density at radius 2 is 2.11 bits per heavy atom. The molecule has 19 heavy (non-hydrogen) atoms. The van der Waals surface area contributed by atoms with Crippen LogP contribution in [0.15, 0.2) is 18.2 Å². The van der Waals surface area contributed by atoms with Crippen LogP contribution in [0.4, 0.5) is 5.69 Å². The van der Waals surface area contributed by atoms with E-state index >= 15 is 0 Å². The SMILES string of the molecule is CN1C(=O)CCc2cc(CC3(C(=O)O)CC3)ccc21. The van der Waals surface area contributed by atoms with Gasteiger partial charge in [0.15, 0.2) is 0 Å². The summed E-state index contributed by atoms with van der Waals surface area (Å²) in [5.74, 6) is -0.540. The average Bonchev–Trinajstić information content (AvgIpc) is 3.15. The lowest BCUT2D eigenvalue weighted by molar-refractivity contribution is -0.143. The highest BCUT2D eigenvalue weighted by Crippen LogP contribution is 2.48. The fourth-order valence-corrected chi connectivity index (χ4v) is 2.83. The minimum atomic E-state index is -0.683. The minimum Gasteiger partial charge on any atom is -0.481 e. The van der Waals surface area contributed by atoms with Gasteiger partial charge in [-0.2, -0.15) is 0 Å². The number of hydrogen-bond donors (Lipinski definition) is 1. The van der Waals surface area contributed by atoms with E-state index in [4.69, 9.17) is 0 Å². The van der Waals surface area contributed by atoms with E-state index < -0.39 is 11.4 Å². The molecule has 0 radical (unpaired) electrons. The van der Waals surface area contributed by atoms with Crippen LogP contribution in [0.1, 0.15) is 30.4 Å². The summed E-state index contributed by atoms with van der Waals surface area (Å²) < 4.78 is 0. The Morgan fingerprint density at radius 3 is 2.74 bits per heavy atom. The van der Waals surface area contributed by atoms with E-state index in [9.17, 15) is 14.7 Å². The van der Waals surface area contributed by atoms with E-state index in [1.165, 1.54) is 0 Å². The first-order chi connectivity index (χ1) is 9.02. The molecular weight excluding hydrogens is 242 g/mol. The molecule has 4 heteroatoms. The van der Waals surface area contributed by atoms with Crippen LogP contribution in [-0.2, 0) is 22.4 Å². The van der Waals surface area contributed by atoms with Gasteiger partial charge in [-0.15, -0.1) is 0 Å². The molecule has 0 bridgehead atoms. The van der Waals surface area contributed by atoms with Crippen molar-refractivity contribution in [2.45, 2.75) is 32.1 Å². The molecule has 100 valence electrons. The molecule has 1 aromatic rings. The van der Waals surface area contributed by atoms with Crippen molar-refractivity contribution >= 4 is 17.6 Å². The Kier molecular flexibility index (Phi) is 2.62. The molecule has 1 fully saturated rings. The molecule has 0 unspecified atom stereocenters. The second kappa shape index (κ2) is 4.08. The third-order valence-corrected chi connectivity index (χ3v) is 4.34. The Bertz CT molecular complexity index is 561. The van der Waals surface area contributed by atoms with Gasteiger partial charge in [0.05, 0.1) is 5.41 Å². The lowest BCUT2D eigenvalue weighted by atomic mass is 9.92. The molecule has 1 aromatic carbocycles. The second-order valence-electron chi connectivity index (χ2n) is 5.68. The quantitative estimate of drug-likeness (QED) is 0.903. The van der Waals surface area contributed by atoms with Crippen LogP contribution in [0.2, 0.25) is 0 Å². The maximum atomic E-state index is 11.6. The van der Waals surface area contributed by atoms with E-state index in [1.54, 1.807) is 11.9 Å². The fourth-order valence-electron chi connectivity index (χ4n) is 2.83. The van der Waals surface area contributed by atoms with E-state index in [0.29, 0.717) is 12.8 Å². The molecule has 3 rings (SSSR count). The van der Waals surface area contributed by atoms with Crippen LogP contribution < -0.4 is 4.90 Å². The van der Waals surface area contributed by atoms with Gasteiger partial charge in [-0.3, -0.25) is 9.59 Å². The van der Waals surface area contributed by atoms with Gasteiger partial charge in [0, 0.05) is 19.2 Å². The highest BCUT2D eigenvalue weighted by atomic mass is 16.4. The number of carbonyl (C=O) groups is 2. The highest BCUT2D eigenvalue weighted by Gasteiger charge is 2.50. The molecule has 1 heterocycles. The molecule has 1 amide bonds. The zero-order valence-corrected chi connectivity index (χ0v) is 11.0. The zero-order valence-electron chi connectivity index (χ0n) is 11.0. The highest BCUT2D eigenvalue weighted by molar-refractivity contribution is 5.95. The molecule has 0 atom stereocenters. The van der Waals surface area contributed by atoms with Gasteiger partial charge in [-0.1, -0.05) is 12.1 Å². The summed E-state index contributed by atoms with van der Waals surface area (Å²) >= 11 is 0. The Balaban J connectivity index is 1.86. The lowest BCUT2D eigenvalue weighted by Gasteiger charge is -2.26. The Labute approximate surface area is 112 Å². The molecule has 1 N–H and O–H groups in total. The van der Waals surface area contributed by atoms with Gasteiger partial charge in [0.1, 0.15) is 0 Å². The van der Waals surface area contributed by atoms with E-state index in [-0.39, 0.29) is 5.91 Å². The number of anilines is 1. The van der Waals surface area contributed by atoms with Crippen LogP contribution in [0.25, 0.3) is 0 Å². The minimum absolute atomic E-state index is 0.143. The van der Waals surface area contributed by atoms with Crippen molar-refractivity contribution in [3.8, 4) is 0 Å². The third kappa shape index (κ3) is 2.01. The monoisotopic (exact) mass is 259 g/mol. The number of benzene rings is 1. The molecular formula is C15H17NO3. The summed E-state index contributed by atoms with van der Waals surface area (Å²) in [5.41, 5.74) is 2.66. The summed E-state index contributed by atoms with van der Waals surface area (Å²) in [7, 11) is 1.79. The molecule has 1 aliphatic carbocycles. The summed E-state index contributed by atoms with van der Waals surface area (Å²) in [5, 5.41) is 9.23. The summed E-state index contributed by atoms with van der Waals surface area (Å²) in [6, 6.07) is 5.97. The zero-order chi connectivity index (χ0) is 13.6. The Hall–Kier alpha value is -1.84. The van der Waals surface area contributed by atoms with Gasteiger partial charge >= 0.3 is 5.97 Å². The first-order valence-electron chi connectivity index (χ1n) is 6.64. The molecule has 0 spiro atoms. The van der Waals surface area contributed by atoms with Crippen LogP contribution in [0.5, 0.6) is 0 Å². The summed E-state index contributed by atoms with van der Waals surface area (Å²) in [4.78, 5) is 24.5. The molecule has 0 aromatic heterocycles. The molecule has 0 saturated heterocycles. The van der Waals surface area contributed by atoms with Crippen LogP contribution in [0.3, 0.4) is 0 Å². The van der Waals surface area contributed by atoms with Gasteiger partial charge in [-0.05, 0) is 42.9 Å². The van der Waals surface area contributed by atoms with Crippen molar-refractivity contribution in [1.29, 1.82) is 0 Å². The lowest BCUT2D eigenvalue weighted by Crippen LogP contribution is -2.31. The first-order valence-corrected chi connectivity index (χ1v) is 6.64. The van der Waals surface area contributed by atoms with Crippen molar-refractivity contribution < 1.29 is 14.7 Å². The van der Waals surface area contributed by atoms with Gasteiger partial charge in [0.2, 0.25) is 5.91 Å². The number of nitrogens with zero attached hydrogens (tertiary/aromatic N) is 1. The van der Waals surface area contributed by atoms with E-state index in [0.717, 1.165) is 36.1 Å². The largest absolute Gasteiger partial charge is 0.481 e. The van der Waals surface area contributed by atoms with Crippen molar-refractivity contribution in [2.75, 3.05) is 11.9 Å². The van der Waals surface area contributed by atoms with Crippen molar-refractivity contribution in [2.24, 2.45) is 5.41 Å². The number of aryl methyl sites for hydroxylation is 1. The van der Waals surface area contributed by atoms with Crippen LogP contribution in [0, 0.1) is 5.41 Å². The number of amides is 1. The number of carbonyl (C=O) groups excluding carboxylic acids is 1. The first kappa shape index (κ1) is 12.2. The number of carboxylic acid groups (broad SMARTS) is 1. The maximum Gasteiger partial charge on any atom is 0.309 e. The van der Waals surface area contributed by atoms with Crippen LogP contribution in [-0.4, -0.2) is 24.0 Å². The second-order valence-corrected chi connectivity index (χ2v) is 5.68. The standard InChI is InChI=1S/C15H17NO3/c1-16-12-4-2-10(8-11(12)3-5-13(16)17)9-15(6-7-15)14(18)19/h2,4,8H,3,5-7,9H2,1H3,(H,18,19). The maximum absolute atomic E-state index is 11.6. The number of fused-ring (bicyclic) bond motifs is 1. The molecule has 4 nitrogen and oxygen atoms in total. The molecule has 1 saturated carbocycles. The Morgan fingerprint density at radius 1 is 1.37 bits per heavy atom. The van der Waals surface area contributed by atoms with Crippen molar-refractivity contribution in [3.05, 3.63) is 29.3 Å². The van der Waals surface area contributed by atoms with E-state index in [2.05, 4.69) is 6.07 Å². The van der Waals surface area contributed by atoms with E-state index in [1.807, 2.05) is 12.1 Å². The predicted octanol–water partition coefficient (Wildman–Crippen LogP) is 2.00. The predicted molar refractivity (Wildman–Crippen MR) is 71.2 cm³/mol. The number of rotatable bonds is 3. The fraction of sp³-hybridized carbons (Fsp3) is 0.467. The van der Waals surface area contributed by atoms with Crippen molar-refractivity contribution in [1.82, 2.24) is 0 Å². The number of carboxylic acids is 1.